The molecule has 2 aromatic heterocycles. The lowest BCUT2D eigenvalue weighted by Crippen LogP contribution is -2.47. The van der Waals surface area contributed by atoms with Crippen molar-refractivity contribution in [2.45, 2.75) is 110 Å². The lowest BCUT2D eigenvalue weighted by molar-refractivity contribution is -0.124. The molecule has 5 rings (SSSR count). The van der Waals surface area contributed by atoms with E-state index >= 15 is 0 Å². The first-order valence-corrected chi connectivity index (χ1v) is 15.9. The van der Waals surface area contributed by atoms with Crippen LogP contribution in [0.25, 0.3) is 0 Å². The molecule has 1 aliphatic heterocycles. The highest BCUT2D eigenvalue weighted by atomic mass is 32.1. The summed E-state index contributed by atoms with van der Waals surface area (Å²) in [5, 5.41) is 10.2. The first kappa shape index (κ1) is 29.1. The maximum absolute atomic E-state index is 14.2. The smallest absolute Gasteiger partial charge is 0.348 e. The van der Waals surface area contributed by atoms with E-state index in [1.807, 2.05) is 23.4 Å². The van der Waals surface area contributed by atoms with Gasteiger partial charge in [0.25, 0.3) is 0 Å². The minimum Gasteiger partial charge on any atom is -0.488 e. The summed E-state index contributed by atoms with van der Waals surface area (Å²) in [7, 11) is 0. The van der Waals surface area contributed by atoms with E-state index in [1.54, 1.807) is 0 Å². The highest BCUT2D eigenvalue weighted by molar-refractivity contribution is 7.14. The minimum absolute atomic E-state index is 0.0262. The van der Waals surface area contributed by atoms with E-state index in [0.29, 0.717) is 11.6 Å². The number of carbonyl (C=O) groups is 2. The Hall–Kier alpha value is -2.45. The summed E-state index contributed by atoms with van der Waals surface area (Å²) in [5.41, 5.74) is 1.59. The van der Waals surface area contributed by atoms with Crippen LogP contribution >= 0.6 is 11.3 Å². The molecule has 0 unspecified atom stereocenters. The summed E-state index contributed by atoms with van der Waals surface area (Å²) in [6.07, 6.45) is 12.1. The minimum atomic E-state index is -0.950. The maximum atomic E-state index is 14.2. The number of pyridine rings is 1. The summed E-state index contributed by atoms with van der Waals surface area (Å²) in [5.74, 6) is 0.633. The number of aromatic carboxylic acids is 1. The van der Waals surface area contributed by atoms with Crippen molar-refractivity contribution < 1.29 is 19.4 Å². The fraction of sp³-hybridized carbons (Fsp3) is 0.656. The van der Waals surface area contributed by atoms with Gasteiger partial charge in [-0.1, -0.05) is 27.7 Å². The van der Waals surface area contributed by atoms with Crippen LogP contribution in [0.15, 0.2) is 24.5 Å². The average Bonchev–Trinajstić information content (AvgIpc) is 3.35. The topological polar surface area (TPSA) is 83.0 Å². The van der Waals surface area contributed by atoms with Crippen LogP contribution in [0.4, 0.5) is 5.69 Å². The third kappa shape index (κ3) is 6.54. The van der Waals surface area contributed by atoms with Crippen molar-refractivity contribution >= 4 is 28.9 Å². The first-order chi connectivity index (χ1) is 19.1. The van der Waals surface area contributed by atoms with Crippen LogP contribution in [0.1, 0.15) is 106 Å². The third-order valence-electron chi connectivity index (χ3n) is 9.02. The van der Waals surface area contributed by atoms with E-state index in [1.165, 1.54) is 23.3 Å². The van der Waals surface area contributed by atoms with Gasteiger partial charge in [-0.3, -0.25) is 14.7 Å². The predicted molar refractivity (Wildman–Crippen MR) is 159 cm³/mol. The fourth-order valence-corrected chi connectivity index (χ4v) is 7.36. The zero-order valence-corrected chi connectivity index (χ0v) is 25.3. The second-order valence-electron chi connectivity index (χ2n) is 13.2. The number of carboxylic acid groups (broad SMARTS) is 1. The van der Waals surface area contributed by atoms with Gasteiger partial charge in [0.1, 0.15) is 10.6 Å². The Morgan fingerprint density at radius 3 is 2.40 bits per heavy atom. The van der Waals surface area contributed by atoms with Crippen molar-refractivity contribution in [3.05, 3.63) is 39.8 Å². The molecule has 2 saturated carbocycles. The number of likely N-dealkylation sites (tertiary alicyclic amines) is 1. The van der Waals surface area contributed by atoms with Crippen molar-refractivity contribution in [2.75, 3.05) is 18.0 Å². The molecule has 7 nitrogen and oxygen atoms in total. The number of hydrogen-bond donors (Lipinski definition) is 1. The van der Waals surface area contributed by atoms with Gasteiger partial charge in [-0.05, 0) is 94.3 Å². The summed E-state index contributed by atoms with van der Waals surface area (Å²) < 4.78 is 6.50. The number of thiophene rings is 1. The number of aromatic nitrogens is 1. The molecule has 0 radical (unpaired) electrons. The van der Waals surface area contributed by atoms with Gasteiger partial charge in [-0.15, -0.1) is 11.3 Å². The molecule has 8 heteroatoms. The largest absolute Gasteiger partial charge is 0.488 e. The van der Waals surface area contributed by atoms with Gasteiger partial charge >= 0.3 is 5.97 Å². The number of hydrogen-bond acceptors (Lipinski definition) is 6. The Kier molecular flexibility index (Phi) is 8.86. The second kappa shape index (κ2) is 12.2. The standard InChI is InChI=1S/C32H45N3O4S/c1-21-6-8-22(9-7-21)30(36)35(26-18-28(32(2,3)4)40-29(26)31(37)38)24-10-12-25(13-11-24)39-27-19-33-15-14-23(27)20-34-16-5-17-34/h14-15,18-19,21-22,24-25H,5-13,16-17,20H2,1-4H3,(H,37,38)/t21?,22?,24-,25-. The average molecular weight is 568 g/mol. The molecular formula is C32H45N3O4S. The van der Waals surface area contributed by atoms with Gasteiger partial charge in [0.05, 0.1) is 18.0 Å². The normalized spacial score (nSPS) is 25.7. The number of carbonyl (C=O) groups excluding carboxylic acids is 1. The van der Waals surface area contributed by atoms with Crippen molar-refractivity contribution in [1.29, 1.82) is 0 Å². The Balaban J connectivity index is 1.35. The number of amides is 1. The molecule has 3 aliphatic rings. The molecule has 1 saturated heterocycles. The van der Waals surface area contributed by atoms with Gasteiger partial charge in [0, 0.05) is 35.1 Å². The van der Waals surface area contributed by atoms with E-state index in [0.717, 1.165) is 81.6 Å². The van der Waals surface area contributed by atoms with E-state index in [-0.39, 0.29) is 34.3 Å². The number of carboxylic acids is 1. The van der Waals surface area contributed by atoms with E-state index in [2.05, 4.69) is 43.6 Å². The quantitative estimate of drug-likeness (QED) is 0.374. The molecule has 0 aromatic carbocycles. The number of rotatable bonds is 8. The molecule has 40 heavy (non-hydrogen) atoms. The molecule has 218 valence electrons. The van der Waals surface area contributed by atoms with E-state index < -0.39 is 5.97 Å². The Morgan fingerprint density at radius 2 is 1.80 bits per heavy atom. The highest BCUT2D eigenvalue weighted by Gasteiger charge is 2.38. The molecule has 2 aromatic rings. The van der Waals surface area contributed by atoms with Crippen LogP contribution in [0.3, 0.4) is 0 Å². The molecule has 2 aliphatic carbocycles. The van der Waals surface area contributed by atoms with E-state index in [9.17, 15) is 14.7 Å². The zero-order chi connectivity index (χ0) is 28.4. The Bertz CT molecular complexity index is 1190. The number of ether oxygens (including phenoxy) is 1. The first-order valence-electron chi connectivity index (χ1n) is 15.1. The van der Waals surface area contributed by atoms with Crippen LogP contribution in [0.5, 0.6) is 5.75 Å². The molecule has 3 heterocycles. The van der Waals surface area contributed by atoms with Crippen molar-refractivity contribution in [2.24, 2.45) is 11.8 Å². The molecule has 1 N–H and O–H groups in total. The Morgan fingerprint density at radius 1 is 1.10 bits per heavy atom. The predicted octanol–water partition coefficient (Wildman–Crippen LogP) is 6.89. The van der Waals surface area contributed by atoms with Crippen LogP contribution in [0, 0.1) is 11.8 Å². The fourth-order valence-electron chi connectivity index (χ4n) is 6.31. The highest BCUT2D eigenvalue weighted by Crippen LogP contribution is 2.42. The molecule has 3 fully saturated rings. The lowest BCUT2D eigenvalue weighted by atomic mass is 9.81. The third-order valence-corrected chi connectivity index (χ3v) is 10.6. The molecular weight excluding hydrogens is 522 g/mol. The van der Waals surface area contributed by atoms with Crippen molar-refractivity contribution in [3.63, 3.8) is 0 Å². The van der Waals surface area contributed by atoms with Gasteiger partial charge in [-0.2, -0.15) is 0 Å². The molecule has 0 atom stereocenters. The lowest BCUT2D eigenvalue weighted by Gasteiger charge is -2.39. The van der Waals surface area contributed by atoms with Crippen LogP contribution in [-0.4, -0.2) is 52.1 Å². The van der Waals surface area contributed by atoms with E-state index in [4.69, 9.17) is 4.74 Å². The van der Waals surface area contributed by atoms with Gasteiger partial charge in [-0.25, -0.2) is 4.79 Å². The Labute approximate surface area is 242 Å². The van der Waals surface area contributed by atoms with Gasteiger partial charge in [0.15, 0.2) is 0 Å². The molecule has 0 bridgehead atoms. The molecule has 1 amide bonds. The van der Waals surface area contributed by atoms with Crippen LogP contribution < -0.4 is 9.64 Å². The van der Waals surface area contributed by atoms with Crippen molar-refractivity contribution in [1.82, 2.24) is 9.88 Å². The maximum Gasteiger partial charge on any atom is 0.348 e. The van der Waals surface area contributed by atoms with Crippen LogP contribution in [0.2, 0.25) is 0 Å². The van der Waals surface area contributed by atoms with Crippen molar-refractivity contribution in [3.8, 4) is 5.75 Å². The summed E-state index contributed by atoms with van der Waals surface area (Å²) in [6, 6.07) is 4.01. The number of nitrogens with zero attached hydrogens (tertiary/aromatic N) is 3. The summed E-state index contributed by atoms with van der Waals surface area (Å²) in [4.78, 5) is 36.5. The SMILES string of the molecule is CC1CCC(C(=O)N(c2cc(C(C)(C)C)sc2C(=O)O)[C@H]2CC[C@H](Oc3cnccc3CN3CCC3)CC2)CC1. The zero-order valence-electron chi connectivity index (χ0n) is 24.5. The molecule has 0 spiro atoms. The second-order valence-corrected chi connectivity index (χ2v) is 14.3. The van der Waals surface area contributed by atoms with Crippen LogP contribution in [-0.2, 0) is 16.8 Å². The summed E-state index contributed by atoms with van der Waals surface area (Å²) >= 11 is 1.32. The number of anilines is 1. The monoisotopic (exact) mass is 567 g/mol. The van der Waals surface area contributed by atoms with Gasteiger partial charge in [0.2, 0.25) is 5.91 Å². The summed E-state index contributed by atoms with van der Waals surface area (Å²) in [6.45, 7) is 11.7. The van der Waals surface area contributed by atoms with Gasteiger partial charge < -0.3 is 14.7 Å².